The molecule has 9 nitrogen and oxygen atoms in total. The molecule has 2 saturated carbocycles. The summed E-state index contributed by atoms with van der Waals surface area (Å²) < 4.78 is 32.0. The number of piperazine rings is 1. The van der Waals surface area contributed by atoms with Gasteiger partial charge in [-0.15, -0.1) is 10.2 Å². The van der Waals surface area contributed by atoms with Crippen molar-refractivity contribution in [2.45, 2.75) is 88.6 Å². The van der Waals surface area contributed by atoms with Crippen LogP contribution in [0.5, 0.6) is 0 Å². The van der Waals surface area contributed by atoms with Crippen LogP contribution in [0.25, 0.3) is 16.9 Å². The first-order chi connectivity index (χ1) is 19.6. The van der Waals surface area contributed by atoms with Gasteiger partial charge in [0.25, 0.3) is 5.78 Å². The van der Waals surface area contributed by atoms with Gasteiger partial charge in [-0.25, -0.2) is 18.2 Å². The molecule has 3 aliphatic rings. The minimum atomic E-state index is -2.60. The molecule has 12 heteroatoms. The normalized spacial score (nSPS) is 25.7. The molecular formula is C29H35ClF2N8O. The van der Waals surface area contributed by atoms with E-state index in [1.165, 1.54) is 0 Å². The number of hydrogen-bond acceptors (Lipinski definition) is 7. The Kier molecular flexibility index (Phi) is 6.48. The van der Waals surface area contributed by atoms with Gasteiger partial charge in [-0.2, -0.15) is 4.98 Å². The number of benzene rings is 1. The van der Waals surface area contributed by atoms with Crippen LogP contribution < -0.4 is 4.90 Å². The van der Waals surface area contributed by atoms with E-state index in [1.807, 2.05) is 33.2 Å². The summed E-state index contributed by atoms with van der Waals surface area (Å²) in [4.78, 5) is 14.3. The summed E-state index contributed by atoms with van der Waals surface area (Å²) >= 11 is 6.17. The molecule has 0 bridgehead atoms. The predicted molar refractivity (Wildman–Crippen MR) is 152 cm³/mol. The molecular weight excluding hydrogens is 550 g/mol. The van der Waals surface area contributed by atoms with Crippen LogP contribution in [0.2, 0.25) is 5.02 Å². The van der Waals surface area contributed by atoms with Crippen molar-refractivity contribution in [1.82, 2.24) is 34.0 Å². The van der Waals surface area contributed by atoms with Crippen LogP contribution in [0, 0.1) is 5.92 Å². The molecule has 41 heavy (non-hydrogen) atoms. The molecule has 0 amide bonds. The van der Waals surface area contributed by atoms with E-state index in [0.717, 1.165) is 48.2 Å². The summed E-state index contributed by atoms with van der Waals surface area (Å²) in [5, 5.41) is 20.2. The number of imidazole rings is 1. The van der Waals surface area contributed by atoms with Gasteiger partial charge < -0.3 is 14.6 Å². The fourth-order valence-electron chi connectivity index (χ4n) is 7.37. The number of nitrogens with zero attached hydrogens (tertiary/aromatic N) is 8. The van der Waals surface area contributed by atoms with Gasteiger partial charge in [0.1, 0.15) is 11.8 Å². The Morgan fingerprint density at radius 1 is 1.05 bits per heavy atom. The number of halogens is 3. The van der Waals surface area contributed by atoms with Gasteiger partial charge in [-0.3, -0.25) is 4.90 Å². The third-order valence-electron chi connectivity index (χ3n) is 9.43. The number of aromatic nitrogens is 6. The first-order valence-corrected chi connectivity index (χ1v) is 14.9. The monoisotopic (exact) mass is 584 g/mol. The van der Waals surface area contributed by atoms with E-state index in [4.69, 9.17) is 21.6 Å². The topological polar surface area (TPSA) is 87.6 Å². The van der Waals surface area contributed by atoms with E-state index in [2.05, 4.69) is 33.8 Å². The smallest absolute Gasteiger partial charge is 0.258 e. The second-order valence-electron chi connectivity index (χ2n) is 12.5. The standard InChI is InChI=1S/C29H35ClF2N8O/c1-18-14-39(19(2)13-38(18)24(21-11-29(31,32)12-21)20-5-7-22(30)8-6-20)25-23-26(40-17-34-36-27(40)35-25)37(16-33-23)15-28(41)9-3-4-10-28/h5-8,16-19,21,24,41H,3-4,9-15H2,1-2H3/t18-,19+,24?/m1/s1. The maximum absolute atomic E-state index is 14.1. The minimum absolute atomic E-state index is 0.0341. The molecule has 4 aromatic rings. The SMILES string of the molecule is C[C@@H]1CN(c2nc3nncn3c3c2ncn3CC2(O)CCCC2)[C@@H](C)CN1C(c1ccc(Cl)cc1)C1CC(F)(F)C1. The van der Waals surface area contributed by atoms with Gasteiger partial charge in [0.15, 0.2) is 11.5 Å². The van der Waals surface area contributed by atoms with Crippen molar-refractivity contribution in [2.75, 3.05) is 18.0 Å². The molecule has 1 saturated heterocycles. The Morgan fingerprint density at radius 3 is 2.49 bits per heavy atom. The number of anilines is 1. The van der Waals surface area contributed by atoms with E-state index in [1.54, 1.807) is 12.7 Å². The molecule has 3 atom stereocenters. The first kappa shape index (κ1) is 27.0. The highest BCUT2D eigenvalue weighted by Gasteiger charge is 2.51. The number of rotatable bonds is 6. The van der Waals surface area contributed by atoms with Crippen LogP contribution in [-0.2, 0) is 6.54 Å². The van der Waals surface area contributed by atoms with E-state index in [0.29, 0.717) is 30.4 Å². The van der Waals surface area contributed by atoms with E-state index in [9.17, 15) is 13.9 Å². The average molecular weight is 585 g/mol. The van der Waals surface area contributed by atoms with Gasteiger partial charge >= 0.3 is 0 Å². The van der Waals surface area contributed by atoms with Crippen molar-refractivity contribution in [1.29, 1.82) is 0 Å². The number of aliphatic hydroxyl groups is 1. The highest BCUT2D eigenvalue weighted by atomic mass is 35.5. The summed E-state index contributed by atoms with van der Waals surface area (Å²) in [6, 6.07) is 7.62. The van der Waals surface area contributed by atoms with Gasteiger partial charge in [0, 0.05) is 49.1 Å². The van der Waals surface area contributed by atoms with E-state index in [-0.39, 0.29) is 36.9 Å². The zero-order chi connectivity index (χ0) is 28.5. The van der Waals surface area contributed by atoms with Crippen molar-refractivity contribution in [3.8, 4) is 0 Å². The quantitative estimate of drug-likeness (QED) is 0.337. The summed E-state index contributed by atoms with van der Waals surface area (Å²) in [5.74, 6) is -1.51. The Bertz CT molecular complexity index is 1560. The van der Waals surface area contributed by atoms with Crippen molar-refractivity contribution in [2.24, 2.45) is 5.92 Å². The van der Waals surface area contributed by atoms with E-state index >= 15 is 0 Å². The molecule has 2 aliphatic carbocycles. The van der Waals surface area contributed by atoms with Gasteiger partial charge in [0.2, 0.25) is 5.92 Å². The van der Waals surface area contributed by atoms with Gasteiger partial charge in [-0.1, -0.05) is 36.6 Å². The van der Waals surface area contributed by atoms with Gasteiger partial charge in [0.05, 0.1) is 18.5 Å². The van der Waals surface area contributed by atoms with Crippen LogP contribution in [-0.4, -0.2) is 75.8 Å². The van der Waals surface area contributed by atoms with Gasteiger partial charge in [-0.05, 0) is 50.3 Å². The summed E-state index contributed by atoms with van der Waals surface area (Å²) in [5.41, 5.74) is 1.82. The van der Waals surface area contributed by atoms with Crippen LogP contribution in [0.15, 0.2) is 36.9 Å². The Labute approximate surface area is 242 Å². The largest absolute Gasteiger partial charge is 0.388 e. The molecule has 1 aliphatic heterocycles. The minimum Gasteiger partial charge on any atom is -0.388 e. The molecule has 0 spiro atoms. The molecule has 7 rings (SSSR count). The van der Waals surface area contributed by atoms with Crippen LogP contribution in [0.1, 0.15) is 64.0 Å². The second kappa shape index (κ2) is 9.84. The van der Waals surface area contributed by atoms with Crippen LogP contribution in [0.3, 0.4) is 0 Å². The predicted octanol–water partition coefficient (Wildman–Crippen LogP) is 5.12. The number of hydrogen-bond donors (Lipinski definition) is 1. The molecule has 218 valence electrons. The third-order valence-corrected chi connectivity index (χ3v) is 9.68. The zero-order valence-corrected chi connectivity index (χ0v) is 24.1. The van der Waals surface area contributed by atoms with Crippen LogP contribution >= 0.6 is 11.6 Å². The lowest BCUT2D eigenvalue weighted by atomic mass is 9.73. The molecule has 1 N–H and O–H groups in total. The Hall–Kier alpha value is -2.89. The highest BCUT2D eigenvalue weighted by Crippen LogP contribution is 2.51. The van der Waals surface area contributed by atoms with Crippen LogP contribution in [0.4, 0.5) is 14.6 Å². The molecule has 4 heterocycles. The van der Waals surface area contributed by atoms with Crippen molar-refractivity contribution >= 4 is 34.4 Å². The lowest BCUT2D eigenvalue weighted by molar-refractivity contribution is -0.137. The number of alkyl halides is 2. The van der Waals surface area contributed by atoms with Crippen molar-refractivity contribution in [3.63, 3.8) is 0 Å². The third kappa shape index (κ3) is 4.75. The zero-order valence-electron chi connectivity index (χ0n) is 23.3. The number of fused-ring (bicyclic) bond motifs is 3. The van der Waals surface area contributed by atoms with Crippen molar-refractivity contribution < 1.29 is 13.9 Å². The lowest BCUT2D eigenvalue weighted by Gasteiger charge is -2.52. The fraction of sp³-hybridized carbons (Fsp3) is 0.586. The fourth-order valence-corrected chi connectivity index (χ4v) is 7.50. The molecule has 3 fully saturated rings. The second-order valence-corrected chi connectivity index (χ2v) is 12.9. The highest BCUT2D eigenvalue weighted by molar-refractivity contribution is 6.30. The molecule has 1 aromatic carbocycles. The Balaban J connectivity index is 1.22. The summed E-state index contributed by atoms with van der Waals surface area (Å²) in [6.07, 6.45) is 6.81. The lowest BCUT2D eigenvalue weighted by Crippen LogP contribution is -2.59. The summed E-state index contributed by atoms with van der Waals surface area (Å²) in [7, 11) is 0. The first-order valence-electron chi connectivity index (χ1n) is 14.5. The molecule has 3 aromatic heterocycles. The van der Waals surface area contributed by atoms with Crippen molar-refractivity contribution in [3.05, 3.63) is 47.5 Å². The average Bonchev–Trinajstić information content (AvgIpc) is 3.66. The maximum atomic E-state index is 14.1. The van der Waals surface area contributed by atoms with E-state index < -0.39 is 11.5 Å². The molecule has 0 radical (unpaired) electrons. The molecule has 1 unspecified atom stereocenters. The Morgan fingerprint density at radius 2 is 1.78 bits per heavy atom. The summed E-state index contributed by atoms with van der Waals surface area (Å²) in [6.45, 7) is 6.08. The maximum Gasteiger partial charge on any atom is 0.258 e.